The fourth-order valence-corrected chi connectivity index (χ4v) is 2.73. The van der Waals surface area contributed by atoms with Crippen molar-refractivity contribution >= 4 is 11.9 Å². The molecular formula is C17H23NO5. The number of hydrogen-bond acceptors (Lipinski definition) is 4. The highest BCUT2D eigenvalue weighted by Gasteiger charge is 2.25. The zero-order chi connectivity index (χ0) is 16.8. The second-order valence-electron chi connectivity index (χ2n) is 5.83. The summed E-state index contributed by atoms with van der Waals surface area (Å²) in [5.74, 6) is 0.453. The predicted molar refractivity (Wildman–Crippen MR) is 84.6 cm³/mol. The van der Waals surface area contributed by atoms with Gasteiger partial charge in [-0.15, -0.1) is 0 Å². The van der Waals surface area contributed by atoms with Crippen LogP contribution in [0, 0.1) is 5.92 Å². The Labute approximate surface area is 135 Å². The van der Waals surface area contributed by atoms with Crippen LogP contribution in [-0.4, -0.2) is 31.2 Å². The second-order valence-corrected chi connectivity index (χ2v) is 5.83. The summed E-state index contributed by atoms with van der Waals surface area (Å²) < 4.78 is 10.5. The SMILES string of the molecule is COc1ccc(C(CC(=O)O)NC(=O)CC2CCC2)c(OC)c1. The lowest BCUT2D eigenvalue weighted by atomic mass is 9.83. The molecule has 2 N–H and O–H groups in total. The number of benzene rings is 1. The van der Waals surface area contributed by atoms with Gasteiger partial charge in [-0.05, 0) is 30.9 Å². The smallest absolute Gasteiger partial charge is 0.305 e. The number of methoxy groups -OCH3 is 2. The van der Waals surface area contributed by atoms with Gasteiger partial charge in [0.15, 0.2) is 0 Å². The molecule has 1 aromatic carbocycles. The third-order valence-electron chi connectivity index (χ3n) is 4.23. The third kappa shape index (κ3) is 4.61. The molecule has 0 bridgehead atoms. The Morgan fingerprint density at radius 1 is 1.30 bits per heavy atom. The summed E-state index contributed by atoms with van der Waals surface area (Å²) in [5, 5.41) is 12.0. The predicted octanol–water partition coefficient (Wildman–Crippen LogP) is 2.53. The van der Waals surface area contributed by atoms with Crippen LogP contribution in [0.1, 0.15) is 43.7 Å². The van der Waals surface area contributed by atoms with E-state index in [1.807, 2.05) is 0 Å². The molecule has 1 atom stereocenters. The Kier molecular flexibility index (Phi) is 5.84. The van der Waals surface area contributed by atoms with Crippen molar-refractivity contribution in [1.82, 2.24) is 5.32 Å². The number of nitrogens with one attached hydrogen (secondary N) is 1. The first kappa shape index (κ1) is 17.1. The Balaban J connectivity index is 2.16. The standard InChI is InChI=1S/C17H23NO5/c1-22-12-6-7-13(15(9-12)23-2)14(10-17(20)21)18-16(19)8-11-4-3-5-11/h6-7,9,11,14H,3-5,8,10H2,1-2H3,(H,18,19)(H,20,21). The minimum Gasteiger partial charge on any atom is -0.497 e. The summed E-state index contributed by atoms with van der Waals surface area (Å²) in [6.45, 7) is 0. The minimum absolute atomic E-state index is 0.112. The number of aliphatic carboxylic acids is 1. The molecule has 23 heavy (non-hydrogen) atoms. The summed E-state index contributed by atoms with van der Waals surface area (Å²) in [6, 6.07) is 4.52. The van der Waals surface area contributed by atoms with E-state index in [0.717, 1.165) is 12.8 Å². The van der Waals surface area contributed by atoms with E-state index in [-0.39, 0.29) is 12.3 Å². The van der Waals surface area contributed by atoms with Gasteiger partial charge in [-0.1, -0.05) is 6.42 Å². The van der Waals surface area contributed by atoms with Crippen LogP contribution in [0.3, 0.4) is 0 Å². The van der Waals surface area contributed by atoms with Gasteiger partial charge in [0.05, 0.1) is 26.7 Å². The van der Waals surface area contributed by atoms with Crippen LogP contribution in [-0.2, 0) is 9.59 Å². The van der Waals surface area contributed by atoms with Crippen LogP contribution in [0.4, 0.5) is 0 Å². The summed E-state index contributed by atoms with van der Waals surface area (Å²) in [6.07, 6.45) is 3.57. The summed E-state index contributed by atoms with van der Waals surface area (Å²) in [4.78, 5) is 23.3. The zero-order valence-corrected chi connectivity index (χ0v) is 13.5. The fraction of sp³-hybridized carbons (Fsp3) is 0.529. The molecule has 1 saturated carbocycles. The van der Waals surface area contributed by atoms with Crippen molar-refractivity contribution in [3.8, 4) is 11.5 Å². The number of carboxylic acid groups (broad SMARTS) is 1. The van der Waals surface area contributed by atoms with Crippen molar-refractivity contribution < 1.29 is 24.2 Å². The highest BCUT2D eigenvalue weighted by molar-refractivity contribution is 5.78. The molecule has 2 rings (SSSR count). The van der Waals surface area contributed by atoms with Crippen LogP contribution in [0.25, 0.3) is 0 Å². The normalized spacial score (nSPS) is 15.4. The molecule has 0 radical (unpaired) electrons. The molecule has 6 heteroatoms. The molecule has 6 nitrogen and oxygen atoms in total. The first-order chi connectivity index (χ1) is 11.0. The highest BCUT2D eigenvalue weighted by atomic mass is 16.5. The lowest BCUT2D eigenvalue weighted by Gasteiger charge is -2.26. The highest BCUT2D eigenvalue weighted by Crippen LogP contribution is 2.32. The summed E-state index contributed by atoms with van der Waals surface area (Å²) >= 11 is 0. The van der Waals surface area contributed by atoms with E-state index >= 15 is 0 Å². The number of rotatable bonds is 8. The zero-order valence-electron chi connectivity index (χ0n) is 13.5. The van der Waals surface area contributed by atoms with E-state index in [1.54, 1.807) is 25.3 Å². The first-order valence-electron chi connectivity index (χ1n) is 7.76. The van der Waals surface area contributed by atoms with E-state index in [9.17, 15) is 9.59 Å². The van der Waals surface area contributed by atoms with Crippen LogP contribution in [0.15, 0.2) is 18.2 Å². The fourth-order valence-electron chi connectivity index (χ4n) is 2.73. The molecule has 126 valence electrons. The Morgan fingerprint density at radius 2 is 2.04 bits per heavy atom. The number of carbonyl (C=O) groups is 2. The monoisotopic (exact) mass is 321 g/mol. The molecule has 1 aliphatic carbocycles. The van der Waals surface area contributed by atoms with E-state index in [0.29, 0.717) is 29.4 Å². The second kappa shape index (κ2) is 7.85. The topological polar surface area (TPSA) is 84.9 Å². The third-order valence-corrected chi connectivity index (χ3v) is 4.23. The van der Waals surface area contributed by atoms with Crippen molar-refractivity contribution in [3.63, 3.8) is 0 Å². The number of carbonyl (C=O) groups excluding carboxylic acids is 1. The largest absolute Gasteiger partial charge is 0.497 e. The molecule has 1 fully saturated rings. The maximum atomic E-state index is 12.2. The molecule has 1 aliphatic rings. The Morgan fingerprint density at radius 3 is 2.57 bits per heavy atom. The average Bonchev–Trinajstić information content (AvgIpc) is 2.49. The van der Waals surface area contributed by atoms with Crippen LogP contribution < -0.4 is 14.8 Å². The molecular weight excluding hydrogens is 298 g/mol. The van der Waals surface area contributed by atoms with Gasteiger partial charge in [-0.25, -0.2) is 0 Å². The van der Waals surface area contributed by atoms with Crippen molar-refractivity contribution in [2.45, 2.75) is 38.1 Å². The van der Waals surface area contributed by atoms with Gasteiger partial charge in [0.2, 0.25) is 5.91 Å². The summed E-state index contributed by atoms with van der Waals surface area (Å²) in [7, 11) is 3.05. The van der Waals surface area contributed by atoms with Gasteiger partial charge in [-0.2, -0.15) is 0 Å². The van der Waals surface area contributed by atoms with Gasteiger partial charge < -0.3 is 19.9 Å². The van der Waals surface area contributed by atoms with E-state index in [1.165, 1.54) is 13.5 Å². The van der Waals surface area contributed by atoms with Crippen molar-refractivity contribution in [1.29, 1.82) is 0 Å². The first-order valence-corrected chi connectivity index (χ1v) is 7.76. The quantitative estimate of drug-likeness (QED) is 0.768. The van der Waals surface area contributed by atoms with Gasteiger partial charge in [0, 0.05) is 18.1 Å². The molecule has 0 heterocycles. The number of ether oxygens (including phenoxy) is 2. The molecule has 0 aliphatic heterocycles. The van der Waals surface area contributed by atoms with Crippen LogP contribution in [0.2, 0.25) is 0 Å². The van der Waals surface area contributed by atoms with Gasteiger partial charge in [0.25, 0.3) is 0 Å². The van der Waals surface area contributed by atoms with Gasteiger partial charge in [-0.3, -0.25) is 9.59 Å². The maximum absolute atomic E-state index is 12.2. The van der Waals surface area contributed by atoms with Crippen LogP contribution in [0.5, 0.6) is 11.5 Å². The van der Waals surface area contributed by atoms with Crippen molar-refractivity contribution in [2.24, 2.45) is 5.92 Å². The molecule has 1 amide bonds. The lowest BCUT2D eigenvalue weighted by Crippen LogP contribution is -2.32. The van der Waals surface area contributed by atoms with E-state index in [4.69, 9.17) is 14.6 Å². The molecule has 0 aromatic heterocycles. The van der Waals surface area contributed by atoms with Gasteiger partial charge in [0.1, 0.15) is 11.5 Å². The van der Waals surface area contributed by atoms with Crippen molar-refractivity contribution in [3.05, 3.63) is 23.8 Å². The molecule has 0 spiro atoms. The molecule has 1 unspecified atom stereocenters. The average molecular weight is 321 g/mol. The lowest BCUT2D eigenvalue weighted by molar-refractivity contribution is -0.137. The molecule has 1 aromatic rings. The molecule has 0 saturated heterocycles. The number of hydrogen-bond donors (Lipinski definition) is 2. The summed E-state index contributed by atoms with van der Waals surface area (Å²) in [5.41, 5.74) is 0.637. The number of carboxylic acids is 1. The Bertz CT molecular complexity index is 568. The minimum atomic E-state index is -0.975. The number of amides is 1. The van der Waals surface area contributed by atoms with Gasteiger partial charge >= 0.3 is 5.97 Å². The Hall–Kier alpha value is -2.24. The van der Waals surface area contributed by atoms with Crippen molar-refractivity contribution in [2.75, 3.05) is 14.2 Å². The maximum Gasteiger partial charge on any atom is 0.305 e. The van der Waals surface area contributed by atoms with E-state index in [2.05, 4.69) is 5.32 Å². The van der Waals surface area contributed by atoms with Crippen LogP contribution >= 0.6 is 0 Å². The van der Waals surface area contributed by atoms with E-state index < -0.39 is 12.0 Å².